The Morgan fingerprint density at radius 3 is 2.24 bits per heavy atom. The molecule has 0 unspecified atom stereocenters. The van der Waals surface area contributed by atoms with Crippen LogP contribution in [0.15, 0.2) is 11.6 Å². The summed E-state index contributed by atoms with van der Waals surface area (Å²) in [6.45, 7) is 6.64. The molecule has 0 spiro atoms. The van der Waals surface area contributed by atoms with Gasteiger partial charge in [0.25, 0.3) is 0 Å². The van der Waals surface area contributed by atoms with Crippen molar-refractivity contribution in [3.63, 3.8) is 0 Å². The SMILES string of the molecule is COP(=O)(CC(C)=C[C@H](CO)NC(=O)OC(C)(C)C)OC. The molecule has 0 aliphatic heterocycles. The van der Waals surface area contributed by atoms with E-state index in [4.69, 9.17) is 13.8 Å². The predicted molar refractivity (Wildman–Crippen MR) is 80.5 cm³/mol. The van der Waals surface area contributed by atoms with Crippen LogP contribution in [0.3, 0.4) is 0 Å². The summed E-state index contributed by atoms with van der Waals surface area (Å²) >= 11 is 0. The van der Waals surface area contributed by atoms with Gasteiger partial charge in [-0.1, -0.05) is 11.6 Å². The summed E-state index contributed by atoms with van der Waals surface area (Å²) in [6.07, 6.45) is 1.04. The fourth-order valence-electron chi connectivity index (χ4n) is 1.50. The Morgan fingerprint density at radius 1 is 1.33 bits per heavy atom. The smallest absolute Gasteiger partial charge is 0.408 e. The Hall–Kier alpha value is -0.880. The van der Waals surface area contributed by atoms with Crippen LogP contribution in [0.5, 0.6) is 0 Å². The number of carbonyl (C=O) groups is 1. The molecule has 0 saturated carbocycles. The van der Waals surface area contributed by atoms with Crippen LogP contribution < -0.4 is 5.32 Å². The third kappa shape index (κ3) is 8.88. The molecule has 0 aliphatic carbocycles. The first-order valence-corrected chi connectivity index (χ1v) is 8.26. The maximum Gasteiger partial charge on any atom is 0.408 e. The highest BCUT2D eigenvalue weighted by molar-refractivity contribution is 7.54. The molecule has 0 aromatic carbocycles. The van der Waals surface area contributed by atoms with E-state index in [0.29, 0.717) is 5.57 Å². The van der Waals surface area contributed by atoms with Gasteiger partial charge in [-0.05, 0) is 27.7 Å². The molecular formula is C13H26NO6P. The third-order valence-electron chi connectivity index (χ3n) is 2.38. The minimum atomic E-state index is -3.17. The Kier molecular flexibility index (Phi) is 8.18. The van der Waals surface area contributed by atoms with Crippen molar-refractivity contribution in [2.24, 2.45) is 0 Å². The van der Waals surface area contributed by atoms with Crippen molar-refractivity contribution in [2.45, 2.75) is 39.3 Å². The zero-order valence-electron chi connectivity index (χ0n) is 13.5. The average Bonchev–Trinajstić information content (AvgIpc) is 2.35. The van der Waals surface area contributed by atoms with Crippen LogP contribution in [-0.2, 0) is 18.3 Å². The van der Waals surface area contributed by atoms with Gasteiger partial charge in [-0.25, -0.2) is 4.79 Å². The summed E-state index contributed by atoms with van der Waals surface area (Å²) in [5, 5.41) is 11.8. The van der Waals surface area contributed by atoms with E-state index in [1.807, 2.05) is 0 Å². The highest BCUT2D eigenvalue weighted by Gasteiger charge is 2.23. The largest absolute Gasteiger partial charge is 0.444 e. The molecule has 2 N–H and O–H groups in total. The summed E-state index contributed by atoms with van der Waals surface area (Å²) in [5.74, 6) is 0. The topological polar surface area (TPSA) is 94.1 Å². The number of allylic oxidation sites excluding steroid dienone is 1. The van der Waals surface area contributed by atoms with Gasteiger partial charge < -0.3 is 24.2 Å². The molecule has 0 aromatic rings. The molecule has 0 aliphatic rings. The molecule has 8 heteroatoms. The quantitative estimate of drug-likeness (QED) is 0.551. The van der Waals surface area contributed by atoms with Crippen molar-refractivity contribution < 1.29 is 28.3 Å². The molecule has 0 radical (unpaired) electrons. The monoisotopic (exact) mass is 323 g/mol. The number of hydrogen-bond acceptors (Lipinski definition) is 6. The first-order chi connectivity index (χ1) is 9.55. The normalized spacial score (nSPS) is 14.7. The number of alkyl carbamates (subject to hydrolysis) is 1. The van der Waals surface area contributed by atoms with Crippen LogP contribution in [-0.4, -0.2) is 49.8 Å². The van der Waals surface area contributed by atoms with Crippen LogP contribution in [0, 0.1) is 0 Å². The van der Waals surface area contributed by atoms with Gasteiger partial charge in [0.15, 0.2) is 0 Å². The number of amides is 1. The maximum absolute atomic E-state index is 12.0. The van der Waals surface area contributed by atoms with Crippen molar-refractivity contribution >= 4 is 13.7 Å². The lowest BCUT2D eigenvalue weighted by molar-refractivity contribution is 0.0498. The number of nitrogens with one attached hydrogen (secondary N) is 1. The van der Waals surface area contributed by atoms with Gasteiger partial charge in [-0.15, -0.1) is 0 Å². The first-order valence-electron chi connectivity index (χ1n) is 6.53. The Morgan fingerprint density at radius 2 is 1.86 bits per heavy atom. The van der Waals surface area contributed by atoms with E-state index >= 15 is 0 Å². The molecule has 21 heavy (non-hydrogen) atoms. The fraction of sp³-hybridized carbons (Fsp3) is 0.769. The van der Waals surface area contributed by atoms with E-state index in [2.05, 4.69) is 5.32 Å². The molecular weight excluding hydrogens is 297 g/mol. The molecule has 0 aromatic heterocycles. The van der Waals surface area contributed by atoms with Gasteiger partial charge in [0.05, 0.1) is 18.8 Å². The lowest BCUT2D eigenvalue weighted by Crippen LogP contribution is -2.40. The summed E-state index contributed by atoms with van der Waals surface area (Å²) in [7, 11) is -0.554. The fourth-order valence-corrected chi connectivity index (χ4v) is 2.63. The van der Waals surface area contributed by atoms with E-state index < -0.39 is 25.3 Å². The van der Waals surface area contributed by atoms with Gasteiger partial charge >= 0.3 is 13.7 Å². The van der Waals surface area contributed by atoms with Crippen LogP contribution in [0.25, 0.3) is 0 Å². The van der Waals surface area contributed by atoms with E-state index in [9.17, 15) is 14.5 Å². The zero-order chi connectivity index (χ0) is 16.7. The summed E-state index contributed by atoms with van der Waals surface area (Å²) in [4.78, 5) is 11.6. The minimum absolute atomic E-state index is 0.0759. The molecule has 0 heterocycles. The minimum Gasteiger partial charge on any atom is -0.444 e. The number of aliphatic hydroxyl groups is 1. The Balaban J connectivity index is 4.71. The van der Waals surface area contributed by atoms with Crippen LogP contribution >= 0.6 is 7.60 Å². The van der Waals surface area contributed by atoms with Gasteiger partial charge in [0, 0.05) is 14.2 Å². The maximum atomic E-state index is 12.0. The standard InChI is InChI=1S/C13H26NO6P/c1-10(9-21(17,18-5)19-6)7-11(8-15)14-12(16)20-13(2,3)4/h7,11,15H,8-9H2,1-6H3,(H,14,16)/t11-/m1/s1. The van der Waals surface area contributed by atoms with Crippen molar-refractivity contribution in [1.29, 1.82) is 0 Å². The van der Waals surface area contributed by atoms with Gasteiger partial charge in [0.2, 0.25) is 0 Å². The highest BCUT2D eigenvalue weighted by atomic mass is 31.2. The highest BCUT2D eigenvalue weighted by Crippen LogP contribution is 2.47. The van der Waals surface area contributed by atoms with Crippen LogP contribution in [0.2, 0.25) is 0 Å². The number of ether oxygens (including phenoxy) is 1. The van der Waals surface area contributed by atoms with Crippen molar-refractivity contribution in [3.05, 3.63) is 11.6 Å². The summed E-state index contributed by atoms with van der Waals surface area (Å²) < 4.78 is 26.8. The van der Waals surface area contributed by atoms with Gasteiger partial charge in [0.1, 0.15) is 5.60 Å². The van der Waals surface area contributed by atoms with E-state index in [0.717, 1.165) is 0 Å². The molecule has 1 amide bonds. The average molecular weight is 323 g/mol. The lowest BCUT2D eigenvalue weighted by atomic mass is 10.2. The predicted octanol–water partition coefficient (Wildman–Crippen LogP) is 2.30. The van der Waals surface area contributed by atoms with Crippen molar-refractivity contribution in [3.8, 4) is 0 Å². The third-order valence-corrected chi connectivity index (χ3v) is 4.38. The first kappa shape index (κ1) is 20.1. The summed E-state index contributed by atoms with van der Waals surface area (Å²) in [6, 6.07) is -0.637. The number of aliphatic hydroxyl groups excluding tert-OH is 1. The molecule has 1 atom stereocenters. The van der Waals surface area contributed by atoms with Crippen LogP contribution in [0.1, 0.15) is 27.7 Å². The molecule has 124 valence electrons. The summed E-state index contributed by atoms with van der Waals surface area (Å²) in [5.41, 5.74) is 0.0436. The molecule has 0 rings (SSSR count). The molecule has 0 fully saturated rings. The van der Waals surface area contributed by atoms with E-state index in [1.165, 1.54) is 14.2 Å². The van der Waals surface area contributed by atoms with Crippen molar-refractivity contribution in [1.82, 2.24) is 5.32 Å². The van der Waals surface area contributed by atoms with E-state index in [1.54, 1.807) is 33.8 Å². The number of hydrogen-bond donors (Lipinski definition) is 2. The second-order valence-corrected chi connectivity index (χ2v) is 7.85. The number of carbonyl (C=O) groups excluding carboxylic acids is 1. The van der Waals surface area contributed by atoms with Gasteiger partial charge in [-0.2, -0.15) is 0 Å². The Bertz CT molecular complexity index is 407. The zero-order valence-corrected chi connectivity index (χ0v) is 14.4. The number of rotatable bonds is 7. The van der Waals surface area contributed by atoms with Gasteiger partial charge in [-0.3, -0.25) is 4.57 Å². The Labute approximate surface area is 126 Å². The lowest BCUT2D eigenvalue weighted by Gasteiger charge is -2.22. The van der Waals surface area contributed by atoms with E-state index in [-0.39, 0.29) is 12.8 Å². The second kappa shape index (κ2) is 8.54. The molecule has 0 bridgehead atoms. The van der Waals surface area contributed by atoms with Crippen molar-refractivity contribution in [2.75, 3.05) is 27.0 Å². The van der Waals surface area contributed by atoms with Crippen LogP contribution in [0.4, 0.5) is 4.79 Å². The molecule has 0 saturated heterocycles. The second-order valence-electron chi connectivity index (χ2n) is 5.58. The molecule has 7 nitrogen and oxygen atoms in total.